The molecule has 0 radical (unpaired) electrons. The van der Waals surface area contributed by atoms with Gasteiger partial charge in [-0.2, -0.15) is 5.26 Å². The van der Waals surface area contributed by atoms with E-state index < -0.39 is 17.8 Å². The van der Waals surface area contributed by atoms with Crippen LogP contribution in [0.5, 0.6) is 11.5 Å². The van der Waals surface area contributed by atoms with Crippen molar-refractivity contribution in [2.45, 2.75) is 39.5 Å². The van der Waals surface area contributed by atoms with Crippen LogP contribution in [0.15, 0.2) is 28.4 Å². The monoisotopic (exact) mass is 410 g/mol. The molecule has 2 atom stereocenters. The zero-order valence-electron chi connectivity index (χ0n) is 18.2. The van der Waals surface area contributed by atoms with Gasteiger partial charge in [0.1, 0.15) is 17.1 Å². The van der Waals surface area contributed by atoms with E-state index in [0.29, 0.717) is 46.9 Å². The Labute approximate surface area is 176 Å². The highest BCUT2D eigenvalue weighted by Gasteiger charge is 2.44. The Balaban J connectivity index is 2.30. The Morgan fingerprint density at radius 1 is 1.17 bits per heavy atom. The number of methoxy groups -OCH3 is 3. The number of nitrogens with zero attached hydrogens (tertiary/aromatic N) is 2. The second kappa shape index (κ2) is 7.94. The van der Waals surface area contributed by atoms with E-state index in [-0.39, 0.29) is 16.8 Å². The quantitative estimate of drug-likeness (QED) is 0.700. The van der Waals surface area contributed by atoms with Gasteiger partial charge in [-0.15, -0.1) is 0 Å². The molecule has 0 spiro atoms. The lowest BCUT2D eigenvalue weighted by molar-refractivity contribution is -0.118. The van der Waals surface area contributed by atoms with Crippen molar-refractivity contribution in [1.29, 1.82) is 5.26 Å². The standard InChI is InChI=1S/C23H26N2O5/c1-12-15(11-24)20(21-16(25-12)9-23(2,3)10-17(21)26)13-7-14(22(27)30-6)19(29-5)8-18(13)28-4/h7-8,15,20H,9-10H2,1-6H3/t15?,20-/m0/s1. The third-order valence-electron chi connectivity index (χ3n) is 5.73. The molecule has 0 aromatic heterocycles. The van der Waals surface area contributed by atoms with Crippen LogP contribution in [0.4, 0.5) is 0 Å². The van der Waals surface area contributed by atoms with Crippen LogP contribution in [0.3, 0.4) is 0 Å². The molecule has 1 heterocycles. The van der Waals surface area contributed by atoms with Crippen LogP contribution in [0.25, 0.3) is 0 Å². The molecule has 2 aliphatic rings. The molecular weight excluding hydrogens is 384 g/mol. The molecule has 0 fully saturated rings. The van der Waals surface area contributed by atoms with Gasteiger partial charge >= 0.3 is 5.97 Å². The Morgan fingerprint density at radius 2 is 1.83 bits per heavy atom. The van der Waals surface area contributed by atoms with Gasteiger partial charge in [-0.25, -0.2) is 4.79 Å². The lowest BCUT2D eigenvalue weighted by Crippen LogP contribution is -2.35. The molecule has 30 heavy (non-hydrogen) atoms. The predicted octanol–water partition coefficient (Wildman–Crippen LogP) is 3.83. The number of esters is 1. The van der Waals surface area contributed by atoms with Gasteiger partial charge in [-0.05, 0) is 24.8 Å². The molecule has 1 unspecified atom stereocenters. The first-order valence-corrected chi connectivity index (χ1v) is 9.72. The highest BCUT2D eigenvalue weighted by Crippen LogP contribution is 2.50. The topological polar surface area (TPSA) is 98.0 Å². The first kappa shape index (κ1) is 21.6. The van der Waals surface area contributed by atoms with Gasteiger partial charge in [0, 0.05) is 41.0 Å². The Hall–Kier alpha value is -3.14. The van der Waals surface area contributed by atoms with Crippen LogP contribution in [-0.2, 0) is 9.53 Å². The van der Waals surface area contributed by atoms with Crippen molar-refractivity contribution in [3.63, 3.8) is 0 Å². The molecule has 1 aliphatic heterocycles. The number of Topliss-reactive ketones (excluding diaryl/α,β-unsaturated/α-hetero) is 1. The number of hydrogen-bond donors (Lipinski definition) is 0. The van der Waals surface area contributed by atoms with Gasteiger partial charge in [-0.1, -0.05) is 13.8 Å². The van der Waals surface area contributed by atoms with E-state index >= 15 is 0 Å². The summed E-state index contributed by atoms with van der Waals surface area (Å²) < 4.78 is 15.8. The molecule has 0 saturated heterocycles. The summed E-state index contributed by atoms with van der Waals surface area (Å²) in [6.07, 6.45) is 1.01. The van der Waals surface area contributed by atoms with Crippen LogP contribution in [-0.4, -0.2) is 38.8 Å². The first-order valence-electron chi connectivity index (χ1n) is 9.72. The number of carbonyl (C=O) groups is 2. The number of aliphatic imine (C=N–C) groups is 1. The minimum Gasteiger partial charge on any atom is -0.496 e. The molecule has 7 heteroatoms. The Bertz CT molecular complexity index is 1010. The van der Waals surface area contributed by atoms with Gasteiger partial charge in [0.15, 0.2) is 5.78 Å². The summed E-state index contributed by atoms with van der Waals surface area (Å²) in [5.41, 5.74) is 2.46. The minimum atomic E-state index is -0.651. The SMILES string of the molecule is COC(=O)c1cc([C@@H]2C3=C(CC(C)(C)CC3=O)N=C(C)C2C#N)c(OC)cc1OC. The normalized spacial score (nSPS) is 22.6. The predicted molar refractivity (Wildman–Crippen MR) is 111 cm³/mol. The molecule has 7 nitrogen and oxygen atoms in total. The molecular formula is C23H26N2O5. The molecule has 0 amide bonds. The highest BCUT2D eigenvalue weighted by molar-refractivity contribution is 6.04. The van der Waals surface area contributed by atoms with Gasteiger partial charge in [-0.3, -0.25) is 9.79 Å². The fraction of sp³-hybridized carbons (Fsp3) is 0.478. The first-order chi connectivity index (χ1) is 14.2. The van der Waals surface area contributed by atoms with Crippen molar-refractivity contribution in [3.05, 3.63) is 34.5 Å². The minimum absolute atomic E-state index is 0.0276. The number of ether oxygens (including phenoxy) is 3. The maximum atomic E-state index is 13.2. The second-order valence-electron chi connectivity index (χ2n) is 8.42. The third kappa shape index (κ3) is 3.58. The molecule has 0 saturated carbocycles. The van der Waals surface area contributed by atoms with Crippen LogP contribution in [0, 0.1) is 22.7 Å². The van der Waals surface area contributed by atoms with E-state index in [0.717, 1.165) is 0 Å². The van der Waals surface area contributed by atoms with Crippen molar-refractivity contribution >= 4 is 17.5 Å². The fourth-order valence-electron chi connectivity index (χ4n) is 4.38. The third-order valence-corrected chi connectivity index (χ3v) is 5.73. The highest BCUT2D eigenvalue weighted by atomic mass is 16.5. The summed E-state index contributed by atoms with van der Waals surface area (Å²) >= 11 is 0. The summed E-state index contributed by atoms with van der Waals surface area (Å²) in [6.45, 7) is 5.87. The van der Waals surface area contributed by atoms with E-state index in [1.807, 2.05) is 13.8 Å². The summed E-state index contributed by atoms with van der Waals surface area (Å²) in [4.78, 5) is 30.2. The maximum absolute atomic E-state index is 13.2. The lowest BCUT2D eigenvalue weighted by Gasteiger charge is -2.38. The molecule has 1 aliphatic carbocycles. The average Bonchev–Trinajstić information content (AvgIpc) is 2.70. The van der Waals surface area contributed by atoms with Crippen molar-refractivity contribution in [2.75, 3.05) is 21.3 Å². The number of ketones is 1. The van der Waals surface area contributed by atoms with Crippen LogP contribution < -0.4 is 9.47 Å². The molecule has 1 aromatic rings. The number of rotatable bonds is 4. The van der Waals surface area contributed by atoms with Gasteiger partial charge in [0.25, 0.3) is 0 Å². The average molecular weight is 410 g/mol. The van der Waals surface area contributed by atoms with E-state index in [1.54, 1.807) is 19.1 Å². The summed E-state index contributed by atoms with van der Waals surface area (Å²) in [5.74, 6) is -1.11. The summed E-state index contributed by atoms with van der Waals surface area (Å²) in [5, 5.41) is 9.94. The number of carbonyl (C=O) groups excluding carboxylic acids is 2. The number of hydrogen-bond acceptors (Lipinski definition) is 7. The molecule has 0 bridgehead atoms. The number of nitriles is 1. The zero-order valence-corrected chi connectivity index (χ0v) is 18.2. The van der Waals surface area contributed by atoms with Crippen LogP contribution in [0.1, 0.15) is 55.5 Å². The van der Waals surface area contributed by atoms with Crippen LogP contribution >= 0.6 is 0 Å². The molecule has 0 N–H and O–H groups in total. The second-order valence-corrected chi connectivity index (χ2v) is 8.42. The Kier molecular flexibility index (Phi) is 5.71. The molecule has 1 aromatic carbocycles. The van der Waals surface area contributed by atoms with Gasteiger partial charge in [0.2, 0.25) is 0 Å². The molecule has 158 valence electrons. The van der Waals surface area contributed by atoms with E-state index in [9.17, 15) is 14.9 Å². The number of allylic oxidation sites excluding steroid dienone is 2. The van der Waals surface area contributed by atoms with Crippen molar-refractivity contribution in [3.8, 4) is 17.6 Å². The lowest BCUT2D eigenvalue weighted by atomic mass is 9.67. The van der Waals surface area contributed by atoms with E-state index in [4.69, 9.17) is 14.2 Å². The van der Waals surface area contributed by atoms with E-state index in [2.05, 4.69) is 11.1 Å². The largest absolute Gasteiger partial charge is 0.496 e. The maximum Gasteiger partial charge on any atom is 0.341 e. The van der Waals surface area contributed by atoms with Crippen molar-refractivity contribution in [1.82, 2.24) is 0 Å². The van der Waals surface area contributed by atoms with Crippen molar-refractivity contribution < 1.29 is 23.8 Å². The summed E-state index contributed by atoms with van der Waals surface area (Å²) in [7, 11) is 4.24. The summed E-state index contributed by atoms with van der Waals surface area (Å²) in [6, 6.07) is 5.50. The fourth-order valence-corrected chi connectivity index (χ4v) is 4.38. The van der Waals surface area contributed by atoms with Gasteiger partial charge < -0.3 is 14.2 Å². The van der Waals surface area contributed by atoms with Gasteiger partial charge in [0.05, 0.1) is 33.3 Å². The van der Waals surface area contributed by atoms with Crippen LogP contribution in [0.2, 0.25) is 0 Å². The molecule has 3 rings (SSSR count). The van der Waals surface area contributed by atoms with E-state index in [1.165, 1.54) is 21.3 Å². The zero-order chi connectivity index (χ0) is 22.2. The Morgan fingerprint density at radius 3 is 2.40 bits per heavy atom. The smallest absolute Gasteiger partial charge is 0.341 e. The van der Waals surface area contributed by atoms with Crippen molar-refractivity contribution in [2.24, 2.45) is 16.3 Å². The number of benzene rings is 1.